The number of aromatic nitrogens is 4. The highest BCUT2D eigenvalue weighted by molar-refractivity contribution is 5.47. The second-order valence-electron chi connectivity index (χ2n) is 4.43. The Hall–Kier alpha value is -1.91. The maximum absolute atomic E-state index is 4.23. The third kappa shape index (κ3) is 2.00. The quantitative estimate of drug-likeness (QED) is 0.781. The molecular weight excluding hydrogens is 214 g/mol. The van der Waals surface area contributed by atoms with E-state index in [1.807, 2.05) is 24.0 Å². The van der Waals surface area contributed by atoms with Gasteiger partial charge >= 0.3 is 0 Å². The normalized spacial score (nSPS) is 19.8. The first-order chi connectivity index (χ1) is 8.33. The molecule has 3 rings (SSSR count). The largest absolute Gasteiger partial charge is 0.369 e. The predicted molar refractivity (Wildman–Crippen MR) is 64.9 cm³/mol. The molecule has 17 heavy (non-hydrogen) atoms. The van der Waals surface area contributed by atoms with Crippen LogP contribution in [-0.4, -0.2) is 33.1 Å². The number of pyridine rings is 1. The molecule has 1 saturated heterocycles. The molecule has 1 fully saturated rings. The standard InChI is InChI=1S/C12H15N5/c1-10-8-11(2-4-13-10)16-6-3-12(9-16)17-7-5-14-15-17/h2,4-5,7-8,12H,3,6,9H2,1H3. The summed E-state index contributed by atoms with van der Waals surface area (Å²) in [6, 6.07) is 4.63. The van der Waals surface area contributed by atoms with E-state index in [1.54, 1.807) is 6.20 Å². The van der Waals surface area contributed by atoms with E-state index < -0.39 is 0 Å². The van der Waals surface area contributed by atoms with Crippen molar-refractivity contribution >= 4 is 5.69 Å². The summed E-state index contributed by atoms with van der Waals surface area (Å²) in [4.78, 5) is 6.60. The number of hydrogen-bond acceptors (Lipinski definition) is 4. The number of aryl methyl sites for hydroxylation is 1. The van der Waals surface area contributed by atoms with Crippen molar-refractivity contribution in [3.05, 3.63) is 36.4 Å². The van der Waals surface area contributed by atoms with Crippen molar-refractivity contribution in [2.45, 2.75) is 19.4 Å². The molecule has 0 spiro atoms. The molecule has 0 radical (unpaired) electrons. The van der Waals surface area contributed by atoms with Gasteiger partial charge in [0, 0.05) is 36.9 Å². The van der Waals surface area contributed by atoms with Crippen LogP contribution in [0.15, 0.2) is 30.7 Å². The van der Waals surface area contributed by atoms with Crippen molar-refractivity contribution in [3.8, 4) is 0 Å². The summed E-state index contributed by atoms with van der Waals surface area (Å²) >= 11 is 0. The van der Waals surface area contributed by atoms with Crippen LogP contribution in [0.3, 0.4) is 0 Å². The topological polar surface area (TPSA) is 46.8 Å². The Labute approximate surface area is 100 Å². The van der Waals surface area contributed by atoms with E-state index in [0.717, 1.165) is 25.2 Å². The third-order valence-electron chi connectivity index (χ3n) is 3.22. The highest BCUT2D eigenvalue weighted by Crippen LogP contribution is 2.26. The first-order valence-corrected chi connectivity index (χ1v) is 5.86. The van der Waals surface area contributed by atoms with Crippen LogP contribution in [0.1, 0.15) is 18.2 Å². The van der Waals surface area contributed by atoms with E-state index in [4.69, 9.17) is 0 Å². The van der Waals surface area contributed by atoms with E-state index >= 15 is 0 Å². The lowest BCUT2D eigenvalue weighted by molar-refractivity contribution is 0.479. The molecule has 5 nitrogen and oxygen atoms in total. The molecule has 1 aliphatic heterocycles. The van der Waals surface area contributed by atoms with Gasteiger partial charge in [0.25, 0.3) is 0 Å². The van der Waals surface area contributed by atoms with Gasteiger partial charge in [0.15, 0.2) is 0 Å². The lowest BCUT2D eigenvalue weighted by Gasteiger charge is -2.18. The maximum atomic E-state index is 4.23. The average Bonchev–Trinajstić information content (AvgIpc) is 3.00. The molecule has 0 bridgehead atoms. The summed E-state index contributed by atoms with van der Waals surface area (Å²) in [5.41, 5.74) is 2.31. The van der Waals surface area contributed by atoms with Crippen LogP contribution >= 0.6 is 0 Å². The van der Waals surface area contributed by atoms with E-state index in [1.165, 1.54) is 5.69 Å². The zero-order valence-corrected chi connectivity index (χ0v) is 9.82. The molecule has 1 aliphatic rings. The Balaban J connectivity index is 1.76. The molecule has 0 amide bonds. The number of anilines is 1. The molecule has 0 saturated carbocycles. The summed E-state index contributed by atoms with van der Waals surface area (Å²) in [7, 11) is 0. The van der Waals surface area contributed by atoms with Crippen LogP contribution in [0.4, 0.5) is 5.69 Å². The molecule has 1 unspecified atom stereocenters. The lowest BCUT2D eigenvalue weighted by Crippen LogP contribution is -2.21. The maximum Gasteiger partial charge on any atom is 0.0728 e. The summed E-state index contributed by atoms with van der Waals surface area (Å²) in [6.07, 6.45) is 6.66. The van der Waals surface area contributed by atoms with Gasteiger partial charge in [-0.1, -0.05) is 5.21 Å². The van der Waals surface area contributed by atoms with E-state index in [2.05, 4.69) is 32.3 Å². The molecule has 2 aromatic heterocycles. The Morgan fingerprint density at radius 1 is 1.35 bits per heavy atom. The SMILES string of the molecule is Cc1cc(N2CCC(n3ccnn3)C2)ccn1. The molecule has 5 heteroatoms. The number of nitrogens with zero attached hydrogens (tertiary/aromatic N) is 5. The smallest absolute Gasteiger partial charge is 0.0728 e. The van der Waals surface area contributed by atoms with Crippen molar-refractivity contribution in [1.82, 2.24) is 20.0 Å². The minimum Gasteiger partial charge on any atom is -0.369 e. The lowest BCUT2D eigenvalue weighted by atomic mass is 10.3. The Morgan fingerprint density at radius 3 is 3.06 bits per heavy atom. The minimum atomic E-state index is 0.436. The van der Waals surface area contributed by atoms with Gasteiger partial charge in [0.05, 0.1) is 12.2 Å². The third-order valence-corrected chi connectivity index (χ3v) is 3.22. The van der Waals surface area contributed by atoms with Crippen LogP contribution in [-0.2, 0) is 0 Å². The first-order valence-electron chi connectivity index (χ1n) is 5.86. The van der Waals surface area contributed by atoms with Gasteiger partial charge < -0.3 is 4.90 Å². The van der Waals surface area contributed by atoms with Gasteiger partial charge in [-0.15, -0.1) is 5.10 Å². The molecule has 0 aromatic carbocycles. The predicted octanol–water partition coefficient (Wildman–Crippen LogP) is 1.43. The van der Waals surface area contributed by atoms with Crippen LogP contribution in [0.25, 0.3) is 0 Å². The Morgan fingerprint density at radius 2 is 2.29 bits per heavy atom. The second-order valence-corrected chi connectivity index (χ2v) is 4.43. The molecule has 0 aliphatic carbocycles. The Bertz CT molecular complexity index is 493. The average molecular weight is 229 g/mol. The van der Waals surface area contributed by atoms with Crippen molar-refractivity contribution < 1.29 is 0 Å². The molecule has 1 atom stereocenters. The van der Waals surface area contributed by atoms with E-state index in [0.29, 0.717) is 6.04 Å². The van der Waals surface area contributed by atoms with E-state index in [9.17, 15) is 0 Å². The Kier molecular flexibility index (Phi) is 2.51. The van der Waals surface area contributed by atoms with Gasteiger partial charge in [-0.3, -0.25) is 4.98 Å². The van der Waals surface area contributed by atoms with Gasteiger partial charge in [-0.25, -0.2) is 4.68 Å². The van der Waals surface area contributed by atoms with Crippen LogP contribution < -0.4 is 4.90 Å². The fraction of sp³-hybridized carbons (Fsp3) is 0.417. The van der Waals surface area contributed by atoms with Gasteiger partial charge in [-0.2, -0.15) is 0 Å². The summed E-state index contributed by atoms with van der Waals surface area (Å²) < 4.78 is 1.95. The zero-order chi connectivity index (χ0) is 11.7. The second kappa shape index (κ2) is 4.16. The van der Waals surface area contributed by atoms with Crippen LogP contribution in [0.2, 0.25) is 0 Å². The molecule has 3 heterocycles. The summed E-state index contributed by atoms with van der Waals surface area (Å²) in [6.45, 7) is 4.08. The van der Waals surface area contributed by atoms with E-state index in [-0.39, 0.29) is 0 Å². The minimum absolute atomic E-state index is 0.436. The summed E-state index contributed by atoms with van der Waals surface area (Å²) in [5, 5.41) is 7.93. The fourth-order valence-corrected chi connectivity index (χ4v) is 2.33. The highest BCUT2D eigenvalue weighted by Gasteiger charge is 2.24. The van der Waals surface area contributed by atoms with Crippen LogP contribution in [0.5, 0.6) is 0 Å². The van der Waals surface area contributed by atoms with Gasteiger partial charge in [0.2, 0.25) is 0 Å². The van der Waals surface area contributed by atoms with Gasteiger partial charge in [0.1, 0.15) is 0 Å². The van der Waals surface area contributed by atoms with Crippen molar-refractivity contribution in [2.24, 2.45) is 0 Å². The monoisotopic (exact) mass is 229 g/mol. The fourth-order valence-electron chi connectivity index (χ4n) is 2.33. The van der Waals surface area contributed by atoms with Crippen molar-refractivity contribution in [2.75, 3.05) is 18.0 Å². The van der Waals surface area contributed by atoms with Gasteiger partial charge in [-0.05, 0) is 25.5 Å². The zero-order valence-electron chi connectivity index (χ0n) is 9.82. The molecular formula is C12H15N5. The highest BCUT2D eigenvalue weighted by atomic mass is 15.4. The summed E-state index contributed by atoms with van der Waals surface area (Å²) in [5.74, 6) is 0. The van der Waals surface area contributed by atoms with Crippen molar-refractivity contribution in [1.29, 1.82) is 0 Å². The molecule has 2 aromatic rings. The molecule has 0 N–H and O–H groups in total. The molecule has 88 valence electrons. The number of rotatable bonds is 2. The van der Waals surface area contributed by atoms with Crippen LogP contribution in [0, 0.1) is 6.92 Å². The first kappa shape index (κ1) is 10.3. The number of hydrogen-bond donors (Lipinski definition) is 0. The van der Waals surface area contributed by atoms with Crippen molar-refractivity contribution in [3.63, 3.8) is 0 Å².